The third-order valence-corrected chi connectivity index (χ3v) is 0.175. The average molecular weight is 159 g/mol. The van der Waals surface area contributed by atoms with Gasteiger partial charge in [-0.15, -0.1) is 0 Å². The summed E-state index contributed by atoms with van der Waals surface area (Å²) >= 11 is 0. The normalized spacial score (nSPS) is 5.27. The van der Waals surface area contributed by atoms with Crippen molar-refractivity contribution in [1.29, 1.82) is 5.26 Å². The lowest BCUT2D eigenvalue weighted by Crippen LogP contribution is -2.18. The molecule has 11 heavy (non-hydrogen) atoms. The SMILES string of the molecule is C#N.C=CC(=O)O.NC(N)=O. The number of carbonyl (C=O) groups excluding carboxylic acids is 1. The molecule has 6 heteroatoms. The van der Waals surface area contributed by atoms with Gasteiger partial charge in [0.25, 0.3) is 0 Å². The van der Waals surface area contributed by atoms with Gasteiger partial charge in [0.2, 0.25) is 0 Å². The van der Waals surface area contributed by atoms with Gasteiger partial charge >= 0.3 is 12.0 Å². The van der Waals surface area contributed by atoms with Crippen LogP contribution >= 0.6 is 0 Å². The van der Waals surface area contributed by atoms with Crippen molar-refractivity contribution in [2.75, 3.05) is 0 Å². The van der Waals surface area contributed by atoms with Gasteiger partial charge in [-0.05, 0) is 0 Å². The summed E-state index contributed by atoms with van der Waals surface area (Å²) in [4.78, 5) is 18.2. The van der Waals surface area contributed by atoms with Crippen LogP contribution in [-0.4, -0.2) is 17.1 Å². The monoisotopic (exact) mass is 159 g/mol. The minimum atomic E-state index is -0.981. The standard InChI is InChI=1S/C3H4O2.CH4N2O.CHN/c1-2-3(4)5;2-1(3)4;1-2/h2H,1H2,(H,4,5);(H4,2,3,4);1H. The second-order valence-corrected chi connectivity index (χ2v) is 0.945. The highest BCUT2D eigenvalue weighted by Gasteiger charge is 1.73. The number of amides is 2. The highest BCUT2D eigenvalue weighted by molar-refractivity contribution is 5.78. The third-order valence-electron chi connectivity index (χ3n) is 0.175. The molecule has 0 fully saturated rings. The number of primary amides is 2. The Balaban J connectivity index is -0.0000000965. The van der Waals surface area contributed by atoms with Gasteiger partial charge in [-0.2, -0.15) is 0 Å². The maximum atomic E-state index is 9.25. The number of aliphatic carboxylic acids is 1. The Hall–Kier alpha value is -2.03. The summed E-state index contributed by atoms with van der Waals surface area (Å²) in [5.41, 5.74) is 8.50. The highest BCUT2D eigenvalue weighted by atomic mass is 16.4. The molecule has 0 saturated heterocycles. The molecule has 0 rings (SSSR count). The van der Waals surface area contributed by atoms with Crippen molar-refractivity contribution in [2.24, 2.45) is 11.5 Å². The average Bonchev–Trinajstić information content (AvgIpc) is 1.91. The van der Waals surface area contributed by atoms with Crippen molar-refractivity contribution in [1.82, 2.24) is 0 Å². The molecular weight excluding hydrogens is 150 g/mol. The fourth-order valence-corrected chi connectivity index (χ4v) is 0. The van der Waals surface area contributed by atoms with Crippen molar-refractivity contribution in [3.8, 4) is 6.57 Å². The van der Waals surface area contributed by atoms with Crippen LogP contribution in [0, 0.1) is 11.8 Å². The van der Waals surface area contributed by atoms with E-state index < -0.39 is 12.0 Å². The van der Waals surface area contributed by atoms with Gasteiger partial charge in [0.15, 0.2) is 0 Å². The van der Waals surface area contributed by atoms with Crippen molar-refractivity contribution < 1.29 is 14.7 Å². The zero-order valence-electron chi connectivity index (χ0n) is 5.73. The number of carboxylic acid groups (broad SMARTS) is 1. The van der Waals surface area contributed by atoms with Crippen LogP contribution in [0.15, 0.2) is 12.7 Å². The van der Waals surface area contributed by atoms with Crippen LogP contribution in [0.2, 0.25) is 0 Å². The molecule has 0 aromatic heterocycles. The van der Waals surface area contributed by atoms with Gasteiger partial charge in [-0.3, -0.25) is 0 Å². The second-order valence-electron chi connectivity index (χ2n) is 0.945. The number of nitriles is 1. The minimum absolute atomic E-state index is 0.833. The van der Waals surface area contributed by atoms with Crippen LogP contribution in [0.1, 0.15) is 0 Å². The summed E-state index contributed by atoms with van der Waals surface area (Å²) in [6.07, 6.45) is 0.833. The van der Waals surface area contributed by atoms with E-state index in [0.717, 1.165) is 6.08 Å². The van der Waals surface area contributed by atoms with E-state index in [1.165, 1.54) is 0 Å². The van der Waals surface area contributed by atoms with Crippen molar-refractivity contribution in [3.63, 3.8) is 0 Å². The molecule has 0 atom stereocenters. The van der Waals surface area contributed by atoms with Crippen LogP contribution in [0.25, 0.3) is 0 Å². The van der Waals surface area contributed by atoms with Gasteiger partial charge in [-0.1, -0.05) is 6.58 Å². The maximum absolute atomic E-state index is 9.25. The molecule has 0 unspecified atom stereocenters. The zero-order valence-corrected chi connectivity index (χ0v) is 5.73. The first-order valence-electron chi connectivity index (χ1n) is 2.16. The van der Waals surface area contributed by atoms with E-state index in [2.05, 4.69) is 24.6 Å². The number of urea groups is 1. The lowest BCUT2D eigenvalue weighted by atomic mass is 10.7. The molecule has 6 nitrogen and oxygen atoms in total. The number of carbonyl (C=O) groups is 2. The van der Waals surface area contributed by atoms with Crippen LogP contribution in [0.4, 0.5) is 4.79 Å². The first-order valence-corrected chi connectivity index (χ1v) is 2.16. The van der Waals surface area contributed by atoms with Gasteiger partial charge in [-0.25, -0.2) is 14.9 Å². The molecule has 0 heterocycles. The number of rotatable bonds is 1. The molecular formula is C5H9N3O3. The second kappa shape index (κ2) is 15.7. The summed E-state index contributed by atoms with van der Waals surface area (Å²) in [5.74, 6) is -0.981. The summed E-state index contributed by atoms with van der Waals surface area (Å²) in [6.45, 7) is 6.46. The fraction of sp³-hybridized carbons (Fsp3) is 0. The highest BCUT2D eigenvalue weighted by Crippen LogP contribution is 1.54. The minimum Gasteiger partial charge on any atom is -0.478 e. The van der Waals surface area contributed by atoms with E-state index in [1.807, 2.05) is 0 Å². The van der Waals surface area contributed by atoms with E-state index in [9.17, 15) is 4.79 Å². The smallest absolute Gasteiger partial charge is 0.327 e. The Morgan fingerprint density at radius 3 is 1.55 bits per heavy atom. The summed E-state index contributed by atoms with van der Waals surface area (Å²) in [7, 11) is 0. The Labute approximate surface area is 63.7 Å². The van der Waals surface area contributed by atoms with Crippen LogP contribution in [0.3, 0.4) is 0 Å². The number of nitrogens with zero attached hydrogens (tertiary/aromatic N) is 1. The maximum Gasteiger partial charge on any atom is 0.327 e. The molecule has 0 aliphatic heterocycles. The number of hydrogen-bond donors (Lipinski definition) is 3. The van der Waals surface area contributed by atoms with Crippen molar-refractivity contribution in [3.05, 3.63) is 12.7 Å². The molecule has 62 valence electrons. The Morgan fingerprint density at radius 1 is 1.45 bits per heavy atom. The summed E-state index contributed by atoms with van der Waals surface area (Å²) in [5, 5.41) is 14.1. The molecule has 0 aliphatic rings. The van der Waals surface area contributed by atoms with Gasteiger partial charge < -0.3 is 16.6 Å². The number of hydrogen-bond acceptors (Lipinski definition) is 3. The zero-order chi connectivity index (χ0) is 9.86. The molecule has 0 bridgehead atoms. The predicted molar refractivity (Wildman–Crippen MR) is 38.3 cm³/mol. The Kier molecular flexibility index (Phi) is 22.8. The first-order chi connectivity index (χ1) is 5.00. The molecule has 0 aliphatic carbocycles. The predicted octanol–water partition coefficient (Wildman–Crippen LogP) is -0.579. The first kappa shape index (κ1) is 16.0. The largest absolute Gasteiger partial charge is 0.478 e. The number of nitrogens with two attached hydrogens (primary N) is 2. The topological polar surface area (TPSA) is 130 Å². The Morgan fingerprint density at radius 2 is 1.55 bits per heavy atom. The molecule has 0 saturated carbocycles. The Bertz CT molecular complexity index is 148. The molecule has 0 radical (unpaired) electrons. The van der Waals surface area contributed by atoms with Crippen molar-refractivity contribution in [2.45, 2.75) is 0 Å². The molecule has 0 spiro atoms. The van der Waals surface area contributed by atoms with Crippen LogP contribution in [-0.2, 0) is 4.79 Å². The quantitative estimate of drug-likeness (QED) is 0.441. The summed E-state index contributed by atoms with van der Waals surface area (Å²) in [6, 6.07) is -0.833. The van der Waals surface area contributed by atoms with Gasteiger partial charge in [0.1, 0.15) is 0 Å². The van der Waals surface area contributed by atoms with Crippen molar-refractivity contribution >= 4 is 12.0 Å². The third kappa shape index (κ3) is 316000. The fourth-order valence-electron chi connectivity index (χ4n) is 0. The van der Waals surface area contributed by atoms with Gasteiger partial charge in [0.05, 0.1) is 0 Å². The molecule has 5 N–H and O–H groups in total. The lowest BCUT2D eigenvalue weighted by Gasteiger charge is -1.64. The number of carboxylic acids is 1. The summed E-state index contributed by atoms with van der Waals surface area (Å²) < 4.78 is 0. The van der Waals surface area contributed by atoms with E-state index in [-0.39, 0.29) is 0 Å². The van der Waals surface area contributed by atoms with Crippen LogP contribution in [0.5, 0.6) is 0 Å². The molecule has 2 amide bonds. The van der Waals surface area contributed by atoms with E-state index >= 15 is 0 Å². The van der Waals surface area contributed by atoms with Crippen LogP contribution < -0.4 is 11.5 Å². The van der Waals surface area contributed by atoms with E-state index in [1.54, 1.807) is 0 Å². The van der Waals surface area contributed by atoms with E-state index in [0.29, 0.717) is 0 Å². The van der Waals surface area contributed by atoms with Gasteiger partial charge in [0, 0.05) is 12.6 Å². The molecule has 0 aromatic rings. The van der Waals surface area contributed by atoms with E-state index in [4.69, 9.17) is 15.2 Å². The lowest BCUT2D eigenvalue weighted by molar-refractivity contribution is -0.131. The molecule has 0 aromatic carbocycles.